The molecule has 1 aromatic carbocycles. The van der Waals surface area contributed by atoms with Crippen LogP contribution >= 0.6 is 22.6 Å². The molecule has 0 bridgehead atoms. The average Bonchev–Trinajstić information content (AvgIpc) is 2.50. The van der Waals surface area contributed by atoms with Crippen LogP contribution in [0.5, 0.6) is 17.2 Å². The highest BCUT2D eigenvalue weighted by Gasteiger charge is 2.22. The molecule has 1 aromatic rings. The summed E-state index contributed by atoms with van der Waals surface area (Å²) in [6, 6.07) is 1.93. The molecule has 5 nitrogen and oxygen atoms in total. The summed E-state index contributed by atoms with van der Waals surface area (Å²) >= 11 is 2.19. The van der Waals surface area contributed by atoms with Crippen molar-refractivity contribution in [1.29, 1.82) is 0 Å². The van der Waals surface area contributed by atoms with E-state index in [1.807, 2.05) is 33.8 Å². The van der Waals surface area contributed by atoms with Crippen molar-refractivity contribution in [3.8, 4) is 17.2 Å². The molecule has 0 aromatic heterocycles. The molecule has 0 amide bonds. The fraction of sp³-hybridized carbons (Fsp3) is 0.529. The maximum absolute atomic E-state index is 5.89. The Hall–Kier alpha value is -0.990. The second-order valence-corrected chi connectivity index (χ2v) is 5.79. The van der Waals surface area contributed by atoms with Gasteiger partial charge in [0.05, 0.1) is 10.7 Å². The summed E-state index contributed by atoms with van der Waals surface area (Å²) in [5.74, 6) is 1.63. The van der Waals surface area contributed by atoms with Gasteiger partial charge in [0.15, 0.2) is 24.1 Å². The summed E-state index contributed by atoms with van der Waals surface area (Å²) in [7, 11) is 1.58. The van der Waals surface area contributed by atoms with E-state index in [-0.39, 0.29) is 0 Å². The Balaban J connectivity index is 3.27. The van der Waals surface area contributed by atoms with Crippen LogP contribution in [0.2, 0.25) is 0 Å². The molecule has 6 heteroatoms. The molecule has 0 aliphatic rings. The van der Waals surface area contributed by atoms with Gasteiger partial charge in [0, 0.05) is 18.8 Å². The topological polar surface area (TPSA) is 46.2 Å². The highest BCUT2D eigenvalue weighted by molar-refractivity contribution is 14.1. The third kappa shape index (κ3) is 5.54. The molecular weight excluding hydrogens is 411 g/mol. The van der Waals surface area contributed by atoms with Gasteiger partial charge in [-0.3, -0.25) is 0 Å². The Bertz CT molecular complexity index is 518. The van der Waals surface area contributed by atoms with E-state index >= 15 is 0 Å². The first-order valence-corrected chi connectivity index (χ1v) is 8.65. The molecule has 0 radical (unpaired) electrons. The minimum absolute atomic E-state index is 0.394. The van der Waals surface area contributed by atoms with Gasteiger partial charge in [0.2, 0.25) is 5.75 Å². The fourth-order valence-corrected chi connectivity index (χ4v) is 2.76. The molecule has 23 heavy (non-hydrogen) atoms. The average molecular weight is 436 g/mol. The van der Waals surface area contributed by atoms with E-state index in [4.69, 9.17) is 23.7 Å². The number of hydrogen-bond donors (Lipinski definition) is 0. The second-order valence-electron chi connectivity index (χ2n) is 4.62. The largest absolute Gasteiger partial charge is 0.490 e. The Morgan fingerprint density at radius 2 is 1.57 bits per heavy atom. The van der Waals surface area contributed by atoms with Crippen LogP contribution in [0.3, 0.4) is 0 Å². The van der Waals surface area contributed by atoms with Crippen molar-refractivity contribution in [2.45, 2.75) is 40.3 Å². The van der Waals surface area contributed by atoms with Crippen molar-refractivity contribution >= 4 is 28.7 Å². The smallest absolute Gasteiger partial charge is 0.205 e. The van der Waals surface area contributed by atoms with Gasteiger partial charge >= 0.3 is 0 Å². The van der Waals surface area contributed by atoms with Gasteiger partial charge in [0.1, 0.15) is 0 Å². The lowest BCUT2D eigenvalue weighted by molar-refractivity contribution is -0.0673. The van der Waals surface area contributed by atoms with E-state index in [9.17, 15) is 0 Å². The number of methoxy groups -OCH3 is 1. The highest BCUT2D eigenvalue weighted by Crippen LogP contribution is 2.44. The summed E-state index contributed by atoms with van der Waals surface area (Å²) in [6.07, 6.45) is 0.910. The molecule has 2 unspecified atom stereocenters. The van der Waals surface area contributed by atoms with Crippen molar-refractivity contribution in [1.82, 2.24) is 0 Å². The van der Waals surface area contributed by atoms with E-state index in [2.05, 4.69) is 29.2 Å². The molecule has 0 aliphatic carbocycles. The van der Waals surface area contributed by atoms with Gasteiger partial charge in [0.25, 0.3) is 0 Å². The minimum atomic E-state index is -0.412. The Morgan fingerprint density at radius 1 is 1.04 bits per heavy atom. The van der Waals surface area contributed by atoms with Crippen molar-refractivity contribution in [3.63, 3.8) is 0 Å². The SMILES string of the molecule is C=Cc1cc(I)c(OC(C)OCC)c(OC)c1OC(C)OCC. The van der Waals surface area contributed by atoms with Crippen LogP contribution in [-0.2, 0) is 9.47 Å². The van der Waals surface area contributed by atoms with E-state index < -0.39 is 12.6 Å². The maximum Gasteiger partial charge on any atom is 0.205 e. The third-order valence-electron chi connectivity index (χ3n) is 2.97. The van der Waals surface area contributed by atoms with Crippen molar-refractivity contribution in [2.75, 3.05) is 20.3 Å². The van der Waals surface area contributed by atoms with Crippen LogP contribution in [0, 0.1) is 3.57 Å². The first-order chi connectivity index (χ1) is 11.0. The number of halogens is 1. The number of benzene rings is 1. The summed E-state index contributed by atoms with van der Waals surface area (Å²) in [5.41, 5.74) is 0.814. The lowest BCUT2D eigenvalue weighted by Crippen LogP contribution is -2.19. The van der Waals surface area contributed by atoms with Crippen LogP contribution in [-0.4, -0.2) is 32.9 Å². The first kappa shape index (κ1) is 20.1. The predicted molar refractivity (Wildman–Crippen MR) is 99.2 cm³/mol. The summed E-state index contributed by atoms with van der Waals surface area (Å²) in [6.45, 7) is 12.5. The number of rotatable bonds is 10. The molecule has 0 spiro atoms. The summed E-state index contributed by atoms with van der Waals surface area (Å²) in [4.78, 5) is 0. The van der Waals surface area contributed by atoms with Crippen molar-refractivity contribution in [2.24, 2.45) is 0 Å². The van der Waals surface area contributed by atoms with Crippen LogP contribution < -0.4 is 14.2 Å². The summed E-state index contributed by atoms with van der Waals surface area (Å²) in [5, 5.41) is 0. The Morgan fingerprint density at radius 3 is 2.00 bits per heavy atom. The van der Waals surface area contributed by atoms with E-state index in [0.717, 1.165) is 9.13 Å². The lowest BCUT2D eigenvalue weighted by atomic mass is 10.1. The molecule has 0 aliphatic heterocycles. The van der Waals surface area contributed by atoms with Crippen molar-refractivity contribution < 1.29 is 23.7 Å². The molecule has 1 rings (SSSR count). The van der Waals surface area contributed by atoms with Crippen LogP contribution in [0.1, 0.15) is 33.3 Å². The van der Waals surface area contributed by atoms with Crippen LogP contribution in [0.4, 0.5) is 0 Å². The predicted octanol–water partition coefficient (Wildman–Crippen LogP) is 4.47. The zero-order valence-electron chi connectivity index (χ0n) is 14.3. The normalized spacial score (nSPS) is 13.3. The summed E-state index contributed by atoms with van der Waals surface area (Å²) < 4.78 is 29.1. The van der Waals surface area contributed by atoms with Crippen LogP contribution in [0.15, 0.2) is 12.6 Å². The van der Waals surface area contributed by atoms with Gasteiger partial charge in [-0.05, 0) is 56.4 Å². The third-order valence-corrected chi connectivity index (χ3v) is 3.77. The standard InChI is InChI=1S/C17H25IO5/c1-7-13-10-14(18)16(23-12(5)21-9-3)17(19-6)15(13)22-11(4)20-8-2/h7,10-12H,1,8-9H2,2-6H3. The van der Waals surface area contributed by atoms with Gasteiger partial charge in [-0.25, -0.2) is 0 Å². The molecule has 0 fully saturated rings. The minimum Gasteiger partial charge on any atom is -0.490 e. The maximum atomic E-state index is 5.89. The molecule has 0 N–H and O–H groups in total. The molecule has 0 saturated carbocycles. The quantitative estimate of drug-likeness (QED) is 0.400. The molecule has 2 atom stereocenters. The highest BCUT2D eigenvalue weighted by atomic mass is 127. The van der Waals surface area contributed by atoms with Gasteiger partial charge in [-0.2, -0.15) is 0 Å². The number of hydrogen-bond acceptors (Lipinski definition) is 5. The number of ether oxygens (including phenoxy) is 5. The second kappa shape index (κ2) is 10.00. The van der Waals surface area contributed by atoms with E-state index in [0.29, 0.717) is 30.5 Å². The first-order valence-electron chi connectivity index (χ1n) is 7.57. The molecule has 0 saturated heterocycles. The molecular formula is C17H25IO5. The molecule has 130 valence electrons. The van der Waals surface area contributed by atoms with Crippen LogP contribution in [0.25, 0.3) is 6.08 Å². The lowest BCUT2D eigenvalue weighted by Gasteiger charge is -2.23. The zero-order chi connectivity index (χ0) is 17.4. The van der Waals surface area contributed by atoms with E-state index in [1.165, 1.54) is 0 Å². The van der Waals surface area contributed by atoms with E-state index in [1.54, 1.807) is 13.2 Å². The monoisotopic (exact) mass is 436 g/mol. The Labute approximate surface area is 152 Å². The van der Waals surface area contributed by atoms with Gasteiger partial charge in [-0.1, -0.05) is 12.7 Å². The van der Waals surface area contributed by atoms with Gasteiger partial charge < -0.3 is 23.7 Å². The Kier molecular flexibility index (Phi) is 8.72. The molecule has 0 heterocycles. The van der Waals surface area contributed by atoms with Gasteiger partial charge in [-0.15, -0.1) is 0 Å². The fourth-order valence-electron chi connectivity index (χ4n) is 2.05. The van der Waals surface area contributed by atoms with Crippen molar-refractivity contribution in [3.05, 3.63) is 21.8 Å². The zero-order valence-corrected chi connectivity index (χ0v) is 16.5.